The van der Waals surface area contributed by atoms with Gasteiger partial charge in [-0.2, -0.15) is 0 Å². The van der Waals surface area contributed by atoms with E-state index in [2.05, 4.69) is 71.6 Å². The quantitative estimate of drug-likeness (QED) is 0.289. The molecule has 1 amide bonds. The van der Waals surface area contributed by atoms with Crippen LogP contribution in [0.1, 0.15) is 34.3 Å². The van der Waals surface area contributed by atoms with Crippen LogP contribution in [0.2, 0.25) is 5.02 Å². The van der Waals surface area contributed by atoms with E-state index in [1.807, 2.05) is 54.2 Å². The predicted octanol–water partition coefficient (Wildman–Crippen LogP) is 7.60. The number of amides is 1. The van der Waals surface area contributed by atoms with Gasteiger partial charge in [0.1, 0.15) is 0 Å². The first kappa shape index (κ1) is 20.6. The van der Waals surface area contributed by atoms with Crippen LogP contribution >= 0.6 is 23.4 Å². The molecule has 2 nitrogen and oxygen atoms in total. The molecular weight excluding hydrogens is 446 g/mol. The van der Waals surface area contributed by atoms with Gasteiger partial charge in [0.15, 0.2) is 0 Å². The standard InChI is InChI=1S/C29H22ClNOS/c30-23-17-15-20(16-18-23)26-19-29(22-11-5-2-6-12-22)27(21-9-3-1-4-10-21)28(32)31(29)24-13-7-8-14-25(24)33-26/h1-18,26-27H,19H2/t26-,27-,29+/m0/s1. The summed E-state index contributed by atoms with van der Waals surface area (Å²) in [5.74, 6) is -0.0717. The predicted molar refractivity (Wildman–Crippen MR) is 136 cm³/mol. The smallest absolute Gasteiger partial charge is 0.238 e. The second-order valence-corrected chi connectivity index (χ2v) is 10.3. The maximum Gasteiger partial charge on any atom is 0.238 e. The Labute approximate surface area is 203 Å². The first-order valence-electron chi connectivity index (χ1n) is 11.1. The number of anilines is 1. The van der Waals surface area contributed by atoms with E-state index in [-0.39, 0.29) is 17.1 Å². The third kappa shape index (κ3) is 3.22. The van der Waals surface area contributed by atoms with Crippen LogP contribution in [0.4, 0.5) is 5.69 Å². The molecule has 2 heterocycles. The number of benzene rings is 4. The van der Waals surface area contributed by atoms with E-state index < -0.39 is 5.54 Å². The number of carbonyl (C=O) groups is 1. The molecule has 162 valence electrons. The SMILES string of the molecule is O=C1[C@H](c2ccccc2)[C@]2(c3ccccc3)C[C@@H](c3ccc(Cl)cc3)Sc3ccccc3N12. The molecule has 0 unspecified atom stereocenters. The number of β-lactam (4-membered cyclic amide) rings is 1. The van der Waals surface area contributed by atoms with Crippen LogP contribution in [0, 0.1) is 0 Å². The zero-order valence-corrected chi connectivity index (χ0v) is 19.5. The molecule has 4 aromatic carbocycles. The molecule has 0 aliphatic carbocycles. The molecule has 4 heteroatoms. The summed E-state index contributed by atoms with van der Waals surface area (Å²) in [4.78, 5) is 17.1. The van der Waals surface area contributed by atoms with Crippen LogP contribution in [0.5, 0.6) is 0 Å². The van der Waals surface area contributed by atoms with Gasteiger partial charge in [0.2, 0.25) is 5.91 Å². The van der Waals surface area contributed by atoms with Gasteiger partial charge in [-0.3, -0.25) is 9.69 Å². The van der Waals surface area contributed by atoms with Crippen LogP contribution in [0.15, 0.2) is 114 Å². The monoisotopic (exact) mass is 467 g/mol. The number of thioether (sulfide) groups is 1. The number of hydrogen-bond donors (Lipinski definition) is 0. The minimum absolute atomic E-state index is 0.162. The molecule has 2 aliphatic rings. The Balaban J connectivity index is 1.60. The second kappa shape index (κ2) is 8.09. The topological polar surface area (TPSA) is 20.3 Å². The Bertz CT molecular complexity index is 1310. The summed E-state index contributed by atoms with van der Waals surface area (Å²) in [6.07, 6.45) is 0.809. The van der Waals surface area contributed by atoms with Crippen molar-refractivity contribution in [3.63, 3.8) is 0 Å². The summed E-state index contributed by atoms with van der Waals surface area (Å²) >= 11 is 8.05. The van der Waals surface area contributed by atoms with Gasteiger partial charge in [0.25, 0.3) is 0 Å². The first-order valence-corrected chi connectivity index (χ1v) is 12.4. The third-order valence-electron chi connectivity index (χ3n) is 6.86. The van der Waals surface area contributed by atoms with Gasteiger partial charge in [-0.15, -0.1) is 11.8 Å². The van der Waals surface area contributed by atoms with E-state index in [0.717, 1.165) is 27.6 Å². The fourth-order valence-electron chi connectivity index (χ4n) is 5.42. The van der Waals surface area contributed by atoms with Crippen molar-refractivity contribution in [3.05, 3.63) is 131 Å². The van der Waals surface area contributed by atoms with Crippen molar-refractivity contribution in [2.45, 2.75) is 28.0 Å². The molecule has 0 spiro atoms. The number of carbonyl (C=O) groups excluding carboxylic acids is 1. The zero-order chi connectivity index (χ0) is 22.4. The van der Waals surface area contributed by atoms with Crippen LogP contribution in [-0.2, 0) is 10.3 Å². The summed E-state index contributed by atoms with van der Waals surface area (Å²) in [6.45, 7) is 0. The summed E-state index contributed by atoms with van der Waals surface area (Å²) in [7, 11) is 0. The molecule has 1 fully saturated rings. The van der Waals surface area contributed by atoms with Gasteiger partial charge in [0.05, 0.1) is 17.1 Å². The van der Waals surface area contributed by atoms with Gasteiger partial charge in [-0.1, -0.05) is 96.5 Å². The number of nitrogens with zero attached hydrogens (tertiary/aromatic N) is 1. The van der Waals surface area contributed by atoms with Gasteiger partial charge in [-0.25, -0.2) is 0 Å². The van der Waals surface area contributed by atoms with Gasteiger partial charge in [0, 0.05) is 15.2 Å². The van der Waals surface area contributed by atoms with E-state index in [0.29, 0.717) is 0 Å². The summed E-state index contributed by atoms with van der Waals surface area (Å²) < 4.78 is 0. The van der Waals surface area contributed by atoms with Crippen LogP contribution in [0.3, 0.4) is 0 Å². The molecule has 33 heavy (non-hydrogen) atoms. The van der Waals surface area contributed by atoms with Crippen molar-refractivity contribution >= 4 is 35.0 Å². The molecule has 3 atom stereocenters. The highest BCUT2D eigenvalue weighted by atomic mass is 35.5. The molecule has 1 saturated heterocycles. The molecule has 0 aromatic heterocycles. The Morgan fingerprint density at radius 2 is 1.39 bits per heavy atom. The number of fused-ring (bicyclic) bond motifs is 3. The molecule has 0 saturated carbocycles. The maximum atomic E-state index is 13.9. The number of rotatable bonds is 3. The average Bonchev–Trinajstić information content (AvgIpc) is 2.98. The third-order valence-corrected chi connectivity index (χ3v) is 8.44. The highest BCUT2D eigenvalue weighted by Gasteiger charge is 2.63. The Morgan fingerprint density at radius 3 is 2.12 bits per heavy atom. The highest BCUT2D eigenvalue weighted by molar-refractivity contribution is 7.99. The highest BCUT2D eigenvalue weighted by Crippen LogP contribution is 2.63. The Morgan fingerprint density at radius 1 is 0.758 bits per heavy atom. The molecule has 0 N–H and O–H groups in total. The van der Waals surface area contributed by atoms with E-state index in [4.69, 9.17) is 11.6 Å². The molecule has 2 aliphatic heterocycles. The Hall–Kier alpha value is -3.01. The zero-order valence-electron chi connectivity index (χ0n) is 17.9. The molecule has 0 bridgehead atoms. The normalized spacial score (nSPS) is 23.8. The number of para-hydroxylation sites is 1. The summed E-state index contributed by atoms with van der Waals surface area (Å²) in [6, 6.07) is 37.2. The molecule has 4 aromatic rings. The van der Waals surface area contributed by atoms with Crippen molar-refractivity contribution < 1.29 is 4.79 Å². The molecule has 6 rings (SSSR count). The van der Waals surface area contributed by atoms with Crippen molar-refractivity contribution in [2.75, 3.05) is 4.90 Å². The van der Waals surface area contributed by atoms with E-state index >= 15 is 0 Å². The molecule has 0 radical (unpaired) electrons. The van der Waals surface area contributed by atoms with Crippen LogP contribution in [0.25, 0.3) is 0 Å². The van der Waals surface area contributed by atoms with Crippen LogP contribution in [-0.4, -0.2) is 5.91 Å². The summed E-state index contributed by atoms with van der Waals surface area (Å²) in [5.41, 5.74) is 4.00. The first-order chi connectivity index (χ1) is 16.2. The van der Waals surface area contributed by atoms with Gasteiger partial charge >= 0.3 is 0 Å². The maximum absolute atomic E-state index is 13.9. The van der Waals surface area contributed by atoms with Crippen molar-refractivity contribution in [2.24, 2.45) is 0 Å². The van der Waals surface area contributed by atoms with Gasteiger partial charge in [-0.05, 0) is 47.4 Å². The van der Waals surface area contributed by atoms with Crippen LogP contribution < -0.4 is 4.90 Å². The Kier molecular flexibility index (Phi) is 5.05. The fourth-order valence-corrected chi connectivity index (χ4v) is 6.92. The minimum atomic E-state index is -0.469. The van der Waals surface area contributed by atoms with E-state index in [1.165, 1.54) is 11.1 Å². The van der Waals surface area contributed by atoms with Crippen molar-refractivity contribution in [1.82, 2.24) is 0 Å². The largest absolute Gasteiger partial charge is 0.299 e. The average molecular weight is 468 g/mol. The second-order valence-electron chi connectivity index (χ2n) is 8.64. The lowest BCUT2D eigenvalue weighted by Gasteiger charge is -2.58. The molecular formula is C29H22ClNOS. The summed E-state index contributed by atoms with van der Waals surface area (Å²) in [5, 5.41) is 0.908. The van der Waals surface area contributed by atoms with Gasteiger partial charge < -0.3 is 0 Å². The number of hydrogen-bond acceptors (Lipinski definition) is 2. The van der Waals surface area contributed by atoms with E-state index in [1.54, 1.807) is 0 Å². The lowest BCUT2D eigenvalue weighted by Crippen LogP contribution is -2.67. The lowest BCUT2D eigenvalue weighted by molar-refractivity contribution is -0.131. The lowest BCUT2D eigenvalue weighted by atomic mass is 9.63. The van der Waals surface area contributed by atoms with E-state index in [9.17, 15) is 4.79 Å². The van der Waals surface area contributed by atoms with Crippen molar-refractivity contribution in [3.8, 4) is 0 Å². The number of halogens is 1. The fraction of sp³-hybridized carbons (Fsp3) is 0.138. The minimum Gasteiger partial charge on any atom is -0.299 e. The van der Waals surface area contributed by atoms with Crippen molar-refractivity contribution in [1.29, 1.82) is 0 Å².